The second-order valence-electron chi connectivity index (χ2n) is 17.7. The zero-order valence-electron chi connectivity index (χ0n) is 37.9. The number of rotatable bonds is 24. The van der Waals surface area contributed by atoms with Crippen LogP contribution >= 0.6 is 0 Å². The lowest BCUT2D eigenvalue weighted by molar-refractivity contribution is -0.367. The molecule has 0 unspecified atom stereocenters. The van der Waals surface area contributed by atoms with E-state index in [2.05, 4.69) is 6.92 Å². The summed E-state index contributed by atoms with van der Waals surface area (Å²) < 4.78 is 46.8. The average Bonchev–Trinajstić information content (AvgIpc) is 3.30. The number of fused-ring (bicyclic) bond motifs is 1. The smallest absolute Gasteiger partial charge is 0.306 e. The van der Waals surface area contributed by atoms with E-state index in [4.69, 9.17) is 37.6 Å². The van der Waals surface area contributed by atoms with Gasteiger partial charge in [0.25, 0.3) is 0 Å². The van der Waals surface area contributed by atoms with Crippen molar-refractivity contribution in [2.45, 2.75) is 183 Å². The third-order valence-electron chi connectivity index (χ3n) is 12.4. The topological polar surface area (TPSA) is 294 Å². The third-order valence-corrected chi connectivity index (χ3v) is 12.4. The van der Waals surface area contributed by atoms with E-state index < -0.39 is 128 Å². The van der Waals surface area contributed by atoms with Crippen LogP contribution in [0.2, 0.25) is 0 Å². The van der Waals surface area contributed by atoms with E-state index in [1.807, 2.05) is 0 Å². The van der Waals surface area contributed by atoms with Crippen molar-refractivity contribution in [2.75, 3.05) is 19.8 Å². The molecule has 12 atom stereocenters. The second-order valence-corrected chi connectivity index (χ2v) is 17.7. The van der Waals surface area contributed by atoms with Crippen molar-refractivity contribution < 1.29 is 88.3 Å². The fourth-order valence-corrected chi connectivity index (χ4v) is 8.50. The lowest BCUT2D eigenvalue weighted by Crippen LogP contribution is -2.63. The van der Waals surface area contributed by atoms with Crippen LogP contribution in [0.1, 0.15) is 110 Å². The Morgan fingerprint density at radius 1 is 0.597 bits per heavy atom. The van der Waals surface area contributed by atoms with E-state index in [9.17, 15) is 55.5 Å². The van der Waals surface area contributed by atoms with Gasteiger partial charge in [-0.05, 0) is 30.7 Å². The molecule has 19 heteroatoms. The molecule has 0 radical (unpaired) electrons. The van der Waals surface area contributed by atoms with Crippen LogP contribution in [0.15, 0.2) is 45.6 Å². The van der Waals surface area contributed by atoms with Crippen LogP contribution in [0.3, 0.4) is 0 Å². The molecule has 0 bridgehead atoms. The Kier molecular flexibility index (Phi) is 19.9. The Balaban J connectivity index is 1.09. The molecule has 0 aliphatic carbocycles. The summed E-state index contributed by atoms with van der Waals surface area (Å²) in [6.45, 7) is 0.693. The first-order chi connectivity index (χ1) is 32.3. The number of unbranched alkanes of at least 4 members (excludes halogenated alkanes) is 14. The van der Waals surface area contributed by atoms with Crippen molar-refractivity contribution in [3.05, 3.63) is 46.6 Å². The van der Waals surface area contributed by atoms with Gasteiger partial charge in [0.2, 0.25) is 17.5 Å². The number of aliphatic hydroxyl groups is 6. The van der Waals surface area contributed by atoms with E-state index in [0.717, 1.165) is 37.8 Å². The summed E-state index contributed by atoms with van der Waals surface area (Å²) in [6, 6.07) is 7.39. The van der Waals surface area contributed by atoms with Crippen LogP contribution in [0, 0.1) is 0 Å². The first-order valence-corrected chi connectivity index (χ1v) is 23.7. The predicted molar refractivity (Wildman–Crippen MR) is 238 cm³/mol. The minimum Gasteiger partial charge on any atom is -0.508 e. The quantitative estimate of drug-likeness (QED) is 0.0450. The summed E-state index contributed by atoms with van der Waals surface area (Å²) >= 11 is 0. The van der Waals surface area contributed by atoms with E-state index >= 15 is 0 Å². The molecule has 3 aromatic rings. The molecule has 2 aromatic carbocycles. The molecule has 6 rings (SSSR count). The number of phenols is 3. The van der Waals surface area contributed by atoms with E-state index in [1.54, 1.807) is 0 Å². The van der Waals surface area contributed by atoms with Crippen LogP contribution in [0.25, 0.3) is 22.3 Å². The fraction of sp³-hybridized carbons (Fsp3) is 0.667. The van der Waals surface area contributed by atoms with Gasteiger partial charge in [-0.25, -0.2) is 0 Å². The molecule has 4 heterocycles. The monoisotopic (exact) mass is 948 g/mol. The zero-order valence-corrected chi connectivity index (χ0v) is 37.9. The van der Waals surface area contributed by atoms with Crippen LogP contribution in [0.5, 0.6) is 23.0 Å². The van der Waals surface area contributed by atoms with Gasteiger partial charge in [0.1, 0.15) is 70.9 Å². The molecule has 0 amide bonds. The van der Waals surface area contributed by atoms with Crippen molar-refractivity contribution in [2.24, 2.45) is 0 Å². The van der Waals surface area contributed by atoms with Gasteiger partial charge >= 0.3 is 5.97 Å². The third kappa shape index (κ3) is 14.0. The van der Waals surface area contributed by atoms with Gasteiger partial charge in [-0.15, -0.1) is 0 Å². The highest BCUT2D eigenvalue weighted by molar-refractivity contribution is 5.88. The number of ether oxygens (including phenoxy) is 7. The molecule has 1 aromatic heterocycles. The van der Waals surface area contributed by atoms with Crippen LogP contribution < -0.4 is 10.2 Å². The van der Waals surface area contributed by atoms with Gasteiger partial charge in [-0.2, -0.15) is 0 Å². The molecule has 3 fully saturated rings. The average molecular weight is 949 g/mol. The lowest BCUT2D eigenvalue weighted by Gasteiger charge is -2.45. The Labute approximate surface area is 388 Å². The molecule has 3 aliphatic rings. The molecule has 19 nitrogen and oxygen atoms in total. The summed E-state index contributed by atoms with van der Waals surface area (Å²) in [6.07, 6.45) is -2.89. The van der Waals surface area contributed by atoms with Gasteiger partial charge in [-0.1, -0.05) is 96.8 Å². The molecular formula is C48H68O19. The number of aliphatic hydroxyl groups excluding tert-OH is 6. The highest BCUT2D eigenvalue weighted by Gasteiger charge is 2.51. The number of phenolic OH excluding ortho intramolecular Hbond substituents is 3. The van der Waals surface area contributed by atoms with Crippen LogP contribution in [-0.4, -0.2) is 146 Å². The molecular weight excluding hydrogens is 881 g/mol. The number of carbonyl (C=O) groups excluding carboxylic acids is 1. The van der Waals surface area contributed by atoms with E-state index in [-0.39, 0.29) is 29.1 Å². The number of benzene rings is 2. The number of esters is 1. The summed E-state index contributed by atoms with van der Waals surface area (Å²) in [5.74, 6) is -2.71. The second kappa shape index (κ2) is 25.5. The van der Waals surface area contributed by atoms with Crippen molar-refractivity contribution >= 4 is 16.9 Å². The van der Waals surface area contributed by atoms with Crippen LogP contribution in [0.4, 0.5) is 0 Å². The minimum atomic E-state index is -1.82. The maximum atomic E-state index is 14.1. The molecule has 374 valence electrons. The molecule has 3 saturated heterocycles. The molecule has 0 spiro atoms. The van der Waals surface area contributed by atoms with Crippen molar-refractivity contribution in [3.63, 3.8) is 0 Å². The summed E-state index contributed by atoms with van der Waals surface area (Å²) in [5.41, 5.74) is -0.992. The highest BCUT2D eigenvalue weighted by Crippen LogP contribution is 2.38. The first-order valence-electron chi connectivity index (χ1n) is 23.7. The minimum absolute atomic E-state index is 0.0132. The van der Waals surface area contributed by atoms with Crippen LogP contribution in [-0.2, 0) is 33.2 Å². The normalized spacial score (nSPS) is 28.9. The number of carbonyl (C=O) groups is 1. The largest absolute Gasteiger partial charge is 0.508 e. The molecule has 9 N–H and O–H groups in total. The number of hydrogen-bond donors (Lipinski definition) is 9. The highest BCUT2D eigenvalue weighted by atomic mass is 16.8. The Morgan fingerprint density at radius 2 is 1.06 bits per heavy atom. The van der Waals surface area contributed by atoms with Gasteiger partial charge in [0.05, 0.1) is 19.8 Å². The number of aromatic hydroxyl groups is 3. The predicted octanol–water partition coefficient (Wildman–Crippen LogP) is 4.13. The number of hydrogen-bond acceptors (Lipinski definition) is 19. The maximum Gasteiger partial charge on any atom is 0.306 e. The van der Waals surface area contributed by atoms with Gasteiger partial charge in [0, 0.05) is 24.1 Å². The first kappa shape index (κ1) is 52.3. The fourth-order valence-electron chi connectivity index (χ4n) is 8.50. The van der Waals surface area contributed by atoms with Gasteiger partial charge in [0.15, 0.2) is 30.5 Å². The van der Waals surface area contributed by atoms with Gasteiger partial charge in [-0.3, -0.25) is 9.59 Å². The summed E-state index contributed by atoms with van der Waals surface area (Å²) in [4.78, 5) is 27.1. The van der Waals surface area contributed by atoms with E-state index in [1.165, 1.54) is 88.5 Å². The SMILES string of the molecule is CCCCCCCCCCCCCCCCCC(=O)O[C@H]1[C@@H](O[C@H]2[C@@H](O[C@H]3[C@@H](Oc4c(-c5ccc(O)cc5)oc5cc(O)cc(O)c5c4=O)OC[C@@H](O)[C@@H]3O)OC[C@@H](O)[C@@H]2O)OC[C@@H](O)[C@@H]1O. The van der Waals surface area contributed by atoms with Gasteiger partial charge < -0.3 is 83.5 Å². The van der Waals surface area contributed by atoms with Crippen molar-refractivity contribution in [3.8, 4) is 34.3 Å². The summed E-state index contributed by atoms with van der Waals surface area (Å²) in [5, 5.41) is 95.7. The van der Waals surface area contributed by atoms with Crippen molar-refractivity contribution in [1.29, 1.82) is 0 Å². The molecule has 67 heavy (non-hydrogen) atoms. The lowest BCUT2D eigenvalue weighted by atomic mass is 10.0. The van der Waals surface area contributed by atoms with E-state index in [0.29, 0.717) is 6.42 Å². The zero-order chi connectivity index (χ0) is 48.0. The standard InChI is InChI=1S/C48H68O19/c1-2-3-4-5-6-7-8-9-10-11-12-13-14-15-16-17-35(55)64-43-37(56)31(52)24-60-46(43)66-45-39(58)33(54)26-62-48(45)67-44-38(57)32(53)25-61-47(44)65-42-40(59)36-30(51)22-29(50)23-34(36)63-41(42)27-18-20-28(49)21-19-27/h18-23,31-33,37-39,43-54,56-58H,2-17,24-26H2,1H3/t31-,32-,33-,37+,38+,39+,43-,44-,45-,46-,47-,48-/m1/s1. The molecule has 3 aliphatic heterocycles. The van der Waals surface area contributed by atoms with Crippen molar-refractivity contribution in [1.82, 2.24) is 0 Å². The Hall–Kier alpha value is -4.12. The Morgan fingerprint density at radius 3 is 1.60 bits per heavy atom. The summed E-state index contributed by atoms with van der Waals surface area (Å²) in [7, 11) is 0. The molecule has 0 saturated carbocycles. The maximum absolute atomic E-state index is 14.1. The Bertz CT molecular complexity index is 2040.